The smallest absolute Gasteiger partial charge is 0.267 e. The van der Waals surface area contributed by atoms with Crippen molar-refractivity contribution in [2.24, 2.45) is 13.0 Å². The fourth-order valence-corrected chi connectivity index (χ4v) is 4.82. The first kappa shape index (κ1) is 17.4. The third-order valence-corrected chi connectivity index (χ3v) is 6.60. The van der Waals surface area contributed by atoms with Gasteiger partial charge in [-0.3, -0.25) is 4.79 Å². The molecular formula is C16H25N3O4S. The van der Waals surface area contributed by atoms with E-state index in [2.05, 4.69) is 5.32 Å². The average Bonchev–Trinajstić information content (AvgIpc) is 3.23. The van der Waals surface area contributed by atoms with Crippen LogP contribution in [0.3, 0.4) is 0 Å². The molecule has 0 radical (unpaired) electrons. The number of aryl methyl sites for hydroxylation is 1. The van der Waals surface area contributed by atoms with Gasteiger partial charge in [-0.25, -0.2) is 8.42 Å². The molecule has 1 amide bonds. The van der Waals surface area contributed by atoms with Gasteiger partial charge in [0.1, 0.15) is 10.6 Å². The van der Waals surface area contributed by atoms with Gasteiger partial charge in [-0.1, -0.05) is 6.42 Å². The molecule has 0 spiro atoms. The standard InChI is InChI=1S/C16H25N3O4S/c1-18-11-14(24(21,22)19-6-3-2-4-7-19)9-15(18)16(20)17-10-13-5-8-23-12-13/h9,11,13H,2-8,10,12H2,1H3,(H,17,20). The molecular weight excluding hydrogens is 330 g/mol. The number of hydrogen-bond donors (Lipinski definition) is 1. The Bertz CT molecular complexity index is 686. The summed E-state index contributed by atoms with van der Waals surface area (Å²) in [6.45, 7) is 3.07. The van der Waals surface area contributed by atoms with Crippen LogP contribution in [0.2, 0.25) is 0 Å². The molecule has 2 saturated heterocycles. The first-order chi connectivity index (χ1) is 11.5. The van der Waals surface area contributed by atoms with E-state index in [4.69, 9.17) is 4.74 Å². The van der Waals surface area contributed by atoms with Crippen LogP contribution in [0.5, 0.6) is 0 Å². The van der Waals surface area contributed by atoms with E-state index in [9.17, 15) is 13.2 Å². The Morgan fingerprint density at radius 2 is 2.08 bits per heavy atom. The molecule has 1 atom stereocenters. The third-order valence-electron chi connectivity index (χ3n) is 4.74. The Balaban J connectivity index is 1.70. The minimum absolute atomic E-state index is 0.196. The highest BCUT2D eigenvalue weighted by Crippen LogP contribution is 2.22. The quantitative estimate of drug-likeness (QED) is 0.853. The van der Waals surface area contributed by atoms with Crippen molar-refractivity contribution in [3.05, 3.63) is 18.0 Å². The largest absolute Gasteiger partial charge is 0.381 e. The molecule has 0 bridgehead atoms. The Labute approximate surface area is 143 Å². The van der Waals surface area contributed by atoms with Crippen LogP contribution in [0.4, 0.5) is 0 Å². The van der Waals surface area contributed by atoms with Crippen molar-refractivity contribution in [2.45, 2.75) is 30.6 Å². The average molecular weight is 355 g/mol. The van der Waals surface area contributed by atoms with Gasteiger partial charge in [-0.05, 0) is 25.3 Å². The van der Waals surface area contributed by atoms with Gasteiger partial charge in [0.2, 0.25) is 10.0 Å². The predicted octanol–water partition coefficient (Wildman–Crippen LogP) is 0.966. The number of ether oxygens (including phenoxy) is 1. The fourth-order valence-electron chi connectivity index (χ4n) is 3.23. The van der Waals surface area contributed by atoms with Crippen LogP contribution in [0.15, 0.2) is 17.2 Å². The first-order valence-electron chi connectivity index (χ1n) is 8.51. The van der Waals surface area contributed by atoms with Crippen LogP contribution >= 0.6 is 0 Å². The van der Waals surface area contributed by atoms with Crippen molar-refractivity contribution in [3.8, 4) is 0 Å². The molecule has 1 aromatic rings. The van der Waals surface area contributed by atoms with Crippen molar-refractivity contribution in [1.82, 2.24) is 14.2 Å². The highest BCUT2D eigenvalue weighted by molar-refractivity contribution is 7.89. The molecule has 0 aliphatic carbocycles. The van der Waals surface area contributed by atoms with E-state index < -0.39 is 10.0 Å². The number of piperidine rings is 1. The summed E-state index contributed by atoms with van der Waals surface area (Å²) in [5, 5.41) is 2.88. The summed E-state index contributed by atoms with van der Waals surface area (Å²) < 4.78 is 33.8. The van der Waals surface area contributed by atoms with Crippen LogP contribution in [-0.4, -0.2) is 56.0 Å². The zero-order valence-electron chi connectivity index (χ0n) is 14.0. The summed E-state index contributed by atoms with van der Waals surface area (Å²) in [7, 11) is -1.82. The molecule has 1 unspecified atom stereocenters. The Morgan fingerprint density at radius 1 is 1.33 bits per heavy atom. The van der Waals surface area contributed by atoms with E-state index in [-0.39, 0.29) is 10.8 Å². The normalized spacial score (nSPS) is 22.6. The lowest BCUT2D eigenvalue weighted by atomic mass is 10.1. The highest BCUT2D eigenvalue weighted by Gasteiger charge is 2.28. The van der Waals surface area contributed by atoms with E-state index in [0.29, 0.717) is 37.9 Å². The number of rotatable bonds is 5. The topological polar surface area (TPSA) is 80.6 Å². The molecule has 7 nitrogen and oxygen atoms in total. The summed E-state index contributed by atoms with van der Waals surface area (Å²) in [5.41, 5.74) is 0.365. The van der Waals surface area contributed by atoms with Crippen LogP contribution < -0.4 is 5.32 Å². The molecule has 0 aromatic carbocycles. The van der Waals surface area contributed by atoms with Gasteiger partial charge in [0, 0.05) is 45.4 Å². The zero-order valence-corrected chi connectivity index (χ0v) is 14.8. The molecule has 1 N–H and O–H groups in total. The molecule has 2 aliphatic heterocycles. The minimum Gasteiger partial charge on any atom is -0.381 e. The summed E-state index contributed by atoms with van der Waals surface area (Å²) in [5.74, 6) is 0.0928. The van der Waals surface area contributed by atoms with E-state index in [0.717, 1.165) is 32.3 Å². The fraction of sp³-hybridized carbons (Fsp3) is 0.688. The number of carbonyl (C=O) groups excluding carboxylic acids is 1. The van der Waals surface area contributed by atoms with Gasteiger partial charge in [0.15, 0.2) is 0 Å². The number of aromatic nitrogens is 1. The van der Waals surface area contributed by atoms with E-state index >= 15 is 0 Å². The van der Waals surface area contributed by atoms with Gasteiger partial charge in [-0.15, -0.1) is 0 Å². The van der Waals surface area contributed by atoms with Crippen molar-refractivity contribution < 1.29 is 17.9 Å². The SMILES string of the molecule is Cn1cc(S(=O)(=O)N2CCCCC2)cc1C(=O)NCC1CCOC1. The zero-order chi connectivity index (χ0) is 17.2. The van der Waals surface area contributed by atoms with Crippen LogP contribution in [-0.2, 0) is 21.8 Å². The monoisotopic (exact) mass is 355 g/mol. The van der Waals surface area contributed by atoms with Gasteiger partial charge in [0.25, 0.3) is 5.91 Å². The summed E-state index contributed by atoms with van der Waals surface area (Å²) in [6.07, 6.45) is 5.32. The van der Waals surface area contributed by atoms with Crippen molar-refractivity contribution in [2.75, 3.05) is 32.8 Å². The van der Waals surface area contributed by atoms with E-state index in [1.165, 1.54) is 16.6 Å². The lowest BCUT2D eigenvalue weighted by Gasteiger charge is -2.25. The van der Waals surface area contributed by atoms with Crippen molar-refractivity contribution in [3.63, 3.8) is 0 Å². The highest BCUT2D eigenvalue weighted by atomic mass is 32.2. The molecule has 1 aromatic heterocycles. The lowest BCUT2D eigenvalue weighted by Crippen LogP contribution is -2.35. The number of nitrogens with one attached hydrogen (secondary N) is 1. The summed E-state index contributed by atoms with van der Waals surface area (Å²) >= 11 is 0. The number of nitrogens with zero attached hydrogens (tertiary/aromatic N) is 2. The van der Waals surface area contributed by atoms with Crippen molar-refractivity contribution >= 4 is 15.9 Å². The maximum absolute atomic E-state index is 12.7. The second-order valence-corrected chi connectivity index (χ2v) is 8.51. The van der Waals surface area contributed by atoms with E-state index in [1.807, 2.05) is 0 Å². The lowest BCUT2D eigenvalue weighted by molar-refractivity contribution is 0.0937. The van der Waals surface area contributed by atoms with Gasteiger partial charge in [-0.2, -0.15) is 4.31 Å². The Morgan fingerprint density at radius 3 is 2.75 bits per heavy atom. The van der Waals surface area contributed by atoms with Crippen LogP contribution in [0, 0.1) is 5.92 Å². The Hall–Kier alpha value is -1.38. The second kappa shape index (κ2) is 7.25. The third kappa shape index (κ3) is 3.65. The van der Waals surface area contributed by atoms with Gasteiger partial charge >= 0.3 is 0 Å². The van der Waals surface area contributed by atoms with Gasteiger partial charge < -0.3 is 14.6 Å². The molecule has 2 aliphatic rings. The van der Waals surface area contributed by atoms with Crippen LogP contribution in [0.1, 0.15) is 36.2 Å². The molecule has 8 heteroatoms. The first-order valence-corrected chi connectivity index (χ1v) is 9.95. The van der Waals surface area contributed by atoms with E-state index in [1.54, 1.807) is 11.6 Å². The summed E-state index contributed by atoms with van der Waals surface area (Å²) in [6, 6.07) is 1.48. The minimum atomic E-state index is -3.52. The molecule has 2 fully saturated rings. The van der Waals surface area contributed by atoms with Crippen molar-refractivity contribution in [1.29, 1.82) is 0 Å². The maximum atomic E-state index is 12.7. The number of carbonyl (C=O) groups is 1. The predicted molar refractivity (Wildman–Crippen MR) is 89.3 cm³/mol. The number of hydrogen-bond acceptors (Lipinski definition) is 4. The summed E-state index contributed by atoms with van der Waals surface area (Å²) in [4.78, 5) is 12.6. The second-order valence-electron chi connectivity index (χ2n) is 6.58. The maximum Gasteiger partial charge on any atom is 0.267 e. The molecule has 3 heterocycles. The molecule has 24 heavy (non-hydrogen) atoms. The molecule has 3 rings (SSSR count). The molecule has 134 valence electrons. The number of sulfonamides is 1. The van der Waals surface area contributed by atoms with Crippen LogP contribution in [0.25, 0.3) is 0 Å². The number of amides is 1. The van der Waals surface area contributed by atoms with Gasteiger partial charge in [0.05, 0.1) is 6.61 Å². The Kier molecular flexibility index (Phi) is 5.27. The molecule has 0 saturated carbocycles.